The minimum atomic E-state index is -0.295. The number of aryl methyl sites for hydroxylation is 1. The Kier molecular flexibility index (Phi) is 4.26. The van der Waals surface area contributed by atoms with Gasteiger partial charge in [-0.1, -0.05) is 0 Å². The first-order valence-electron chi connectivity index (χ1n) is 6.18. The van der Waals surface area contributed by atoms with Gasteiger partial charge in [0.15, 0.2) is 0 Å². The molecule has 0 spiro atoms. The number of aromatic nitrogens is 2. The van der Waals surface area contributed by atoms with Crippen LogP contribution in [0.1, 0.15) is 30.1 Å². The molecule has 0 saturated carbocycles. The Hall–Kier alpha value is -2.06. The molecule has 2 aromatic rings. The molecule has 1 aromatic carbocycles. The third-order valence-electron chi connectivity index (χ3n) is 3.03. The summed E-state index contributed by atoms with van der Waals surface area (Å²) in [6.45, 7) is 2.24. The summed E-state index contributed by atoms with van der Waals surface area (Å²) >= 11 is 6.14. The second kappa shape index (κ2) is 5.93. The first-order chi connectivity index (χ1) is 9.56. The number of rotatable bonds is 4. The lowest BCUT2D eigenvalue weighted by Gasteiger charge is -2.09. The van der Waals surface area contributed by atoms with Crippen molar-refractivity contribution < 1.29 is 9.53 Å². The molecule has 2 rings (SSSR count). The number of hydrogen-bond acceptors (Lipinski definition) is 4. The summed E-state index contributed by atoms with van der Waals surface area (Å²) in [7, 11) is 1.35. The number of fused-ring (bicyclic) bond motifs is 1. The van der Waals surface area contributed by atoms with Gasteiger partial charge in [0.05, 0.1) is 41.6 Å². The van der Waals surface area contributed by atoms with Crippen molar-refractivity contribution in [1.29, 1.82) is 5.26 Å². The van der Waals surface area contributed by atoms with Crippen molar-refractivity contribution >= 4 is 28.6 Å². The van der Waals surface area contributed by atoms with Gasteiger partial charge in [-0.2, -0.15) is 5.26 Å². The Balaban J connectivity index is 2.49. The van der Waals surface area contributed by atoms with E-state index in [0.717, 1.165) is 11.0 Å². The number of methoxy groups -OCH3 is 1. The number of ether oxygens (including phenoxy) is 1. The van der Waals surface area contributed by atoms with E-state index in [1.54, 1.807) is 18.2 Å². The van der Waals surface area contributed by atoms with Crippen molar-refractivity contribution in [3.8, 4) is 6.07 Å². The van der Waals surface area contributed by atoms with E-state index in [1.165, 1.54) is 7.11 Å². The van der Waals surface area contributed by atoms with Crippen molar-refractivity contribution in [3.05, 3.63) is 29.6 Å². The second-order valence-corrected chi connectivity index (χ2v) is 5.03. The van der Waals surface area contributed by atoms with Crippen LogP contribution in [0.3, 0.4) is 0 Å². The van der Waals surface area contributed by atoms with Gasteiger partial charge in [-0.15, -0.1) is 11.6 Å². The third-order valence-corrected chi connectivity index (χ3v) is 3.23. The number of carbonyl (C=O) groups is 1. The highest BCUT2D eigenvalue weighted by molar-refractivity contribution is 6.20. The molecule has 20 heavy (non-hydrogen) atoms. The third kappa shape index (κ3) is 2.75. The molecule has 0 aliphatic carbocycles. The van der Waals surface area contributed by atoms with Crippen LogP contribution in [0.2, 0.25) is 0 Å². The summed E-state index contributed by atoms with van der Waals surface area (Å²) in [5.74, 6) is 0.386. The molecule has 0 fully saturated rings. The summed E-state index contributed by atoms with van der Waals surface area (Å²) in [6, 6.07) is 7.34. The standard InChI is InChI=1S/C14H14ClN3O2/c1-9(15)14-17-11-4-3-10(8-16)7-12(11)18(14)6-5-13(19)20-2/h3-4,7,9H,5-6H2,1-2H3. The summed E-state index contributed by atoms with van der Waals surface area (Å²) in [5.41, 5.74) is 2.11. The zero-order chi connectivity index (χ0) is 14.7. The number of imidazole rings is 1. The van der Waals surface area contributed by atoms with E-state index in [2.05, 4.69) is 15.8 Å². The van der Waals surface area contributed by atoms with E-state index in [1.807, 2.05) is 11.5 Å². The van der Waals surface area contributed by atoms with Crippen LogP contribution in [0, 0.1) is 11.3 Å². The molecule has 0 amide bonds. The summed E-state index contributed by atoms with van der Waals surface area (Å²) in [5, 5.41) is 8.69. The number of alkyl halides is 1. The van der Waals surface area contributed by atoms with E-state index in [-0.39, 0.29) is 17.8 Å². The number of esters is 1. The molecule has 0 aliphatic heterocycles. The lowest BCUT2D eigenvalue weighted by molar-refractivity contribution is -0.140. The predicted octanol–water partition coefficient (Wildman–Crippen LogP) is 2.77. The summed E-state index contributed by atoms with van der Waals surface area (Å²) in [6.07, 6.45) is 0.231. The second-order valence-electron chi connectivity index (χ2n) is 4.38. The predicted molar refractivity (Wildman–Crippen MR) is 75.3 cm³/mol. The maximum absolute atomic E-state index is 11.3. The number of benzene rings is 1. The first-order valence-corrected chi connectivity index (χ1v) is 6.61. The monoisotopic (exact) mass is 291 g/mol. The number of nitrogens with zero attached hydrogens (tertiary/aromatic N) is 3. The van der Waals surface area contributed by atoms with Gasteiger partial charge in [-0.25, -0.2) is 4.98 Å². The van der Waals surface area contributed by atoms with E-state index in [4.69, 9.17) is 16.9 Å². The molecular weight excluding hydrogens is 278 g/mol. The Labute approximate surface area is 121 Å². The van der Waals surface area contributed by atoms with Crippen LogP contribution in [0.15, 0.2) is 18.2 Å². The largest absolute Gasteiger partial charge is 0.469 e. The fraction of sp³-hybridized carbons (Fsp3) is 0.357. The molecule has 1 unspecified atom stereocenters. The molecular formula is C14H14ClN3O2. The van der Waals surface area contributed by atoms with E-state index < -0.39 is 0 Å². The first kappa shape index (κ1) is 14.4. The van der Waals surface area contributed by atoms with Gasteiger partial charge in [0.25, 0.3) is 0 Å². The smallest absolute Gasteiger partial charge is 0.307 e. The average Bonchev–Trinajstić information content (AvgIpc) is 2.82. The Morgan fingerprint density at radius 3 is 2.95 bits per heavy atom. The van der Waals surface area contributed by atoms with Crippen LogP contribution in [0.5, 0.6) is 0 Å². The maximum atomic E-state index is 11.3. The maximum Gasteiger partial charge on any atom is 0.307 e. The Bertz CT molecular complexity index is 686. The number of nitriles is 1. The van der Waals surface area contributed by atoms with Gasteiger partial charge in [0, 0.05) is 6.54 Å². The van der Waals surface area contributed by atoms with Crippen LogP contribution in [-0.4, -0.2) is 22.6 Å². The fourth-order valence-corrected chi connectivity index (χ4v) is 2.22. The lowest BCUT2D eigenvalue weighted by atomic mass is 10.2. The average molecular weight is 292 g/mol. The van der Waals surface area contributed by atoms with Crippen molar-refractivity contribution in [1.82, 2.24) is 9.55 Å². The zero-order valence-corrected chi connectivity index (χ0v) is 12.0. The van der Waals surface area contributed by atoms with Crippen LogP contribution in [-0.2, 0) is 16.1 Å². The SMILES string of the molecule is COC(=O)CCn1c(C(C)Cl)nc2ccc(C#N)cc21. The van der Waals surface area contributed by atoms with Gasteiger partial charge >= 0.3 is 5.97 Å². The highest BCUT2D eigenvalue weighted by Crippen LogP contribution is 2.25. The van der Waals surface area contributed by atoms with E-state index in [0.29, 0.717) is 17.9 Å². The molecule has 0 saturated heterocycles. The molecule has 0 aliphatic rings. The zero-order valence-electron chi connectivity index (χ0n) is 11.3. The topological polar surface area (TPSA) is 67.9 Å². The molecule has 0 bridgehead atoms. The fourth-order valence-electron chi connectivity index (χ4n) is 2.05. The number of halogens is 1. The minimum absolute atomic E-state index is 0.231. The molecule has 0 radical (unpaired) electrons. The van der Waals surface area contributed by atoms with Crippen molar-refractivity contribution in [2.45, 2.75) is 25.3 Å². The van der Waals surface area contributed by atoms with Crippen LogP contribution >= 0.6 is 11.6 Å². The quantitative estimate of drug-likeness (QED) is 0.641. The van der Waals surface area contributed by atoms with E-state index in [9.17, 15) is 4.79 Å². The minimum Gasteiger partial charge on any atom is -0.469 e. The summed E-state index contributed by atoms with van der Waals surface area (Å²) < 4.78 is 6.51. The molecule has 1 aromatic heterocycles. The van der Waals surface area contributed by atoms with Gasteiger partial charge in [-0.3, -0.25) is 4.79 Å². The highest BCUT2D eigenvalue weighted by Gasteiger charge is 2.16. The summed E-state index contributed by atoms with van der Waals surface area (Å²) in [4.78, 5) is 15.8. The normalized spacial score (nSPS) is 12.1. The lowest BCUT2D eigenvalue weighted by Crippen LogP contribution is -2.10. The van der Waals surface area contributed by atoms with E-state index >= 15 is 0 Å². The van der Waals surface area contributed by atoms with Gasteiger partial charge in [0.1, 0.15) is 5.82 Å². The molecule has 1 atom stereocenters. The van der Waals surface area contributed by atoms with Gasteiger partial charge < -0.3 is 9.30 Å². The van der Waals surface area contributed by atoms with Crippen LogP contribution < -0.4 is 0 Å². The molecule has 6 heteroatoms. The Morgan fingerprint density at radius 2 is 2.35 bits per heavy atom. The Morgan fingerprint density at radius 1 is 1.60 bits per heavy atom. The van der Waals surface area contributed by atoms with Crippen LogP contribution in [0.25, 0.3) is 11.0 Å². The van der Waals surface area contributed by atoms with Crippen molar-refractivity contribution in [2.24, 2.45) is 0 Å². The van der Waals surface area contributed by atoms with Gasteiger partial charge in [0.2, 0.25) is 0 Å². The molecule has 5 nitrogen and oxygen atoms in total. The van der Waals surface area contributed by atoms with Crippen LogP contribution in [0.4, 0.5) is 0 Å². The van der Waals surface area contributed by atoms with Crippen molar-refractivity contribution in [3.63, 3.8) is 0 Å². The number of hydrogen-bond donors (Lipinski definition) is 0. The molecule has 0 N–H and O–H groups in total. The number of carbonyl (C=O) groups excluding carboxylic acids is 1. The molecule has 1 heterocycles. The molecule has 104 valence electrons. The van der Waals surface area contributed by atoms with Gasteiger partial charge in [-0.05, 0) is 25.1 Å². The van der Waals surface area contributed by atoms with Crippen molar-refractivity contribution in [2.75, 3.05) is 7.11 Å². The highest BCUT2D eigenvalue weighted by atomic mass is 35.5.